The van der Waals surface area contributed by atoms with Crippen molar-refractivity contribution in [1.82, 2.24) is 14.8 Å². The maximum atomic E-state index is 8.77. The van der Waals surface area contributed by atoms with Crippen LogP contribution in [0.5, 0.6) is 0 Å². The lowest BCUT2D eigenvalue weighted by Gasteiger charge is -2.01. The summed E-state index contributed by atoms with van der Waals surface area (Å²) in [5, 5.41) is 12.9. The molecule has 0 bridgehead atoms. The SMILES string of the molecule is Cc1ncn(-c2ccc(C#N)c(Br)c2)n1. The van der Waals surface area contributed by atoms with E-state index in [1.165, 1.54) is 0 Å². The van der Waals surface area contributed by atoms with Crippen molar-refractivity contribution in [3.63, 3.8) is 0 Å². The second-order valence-electron chi connectivity index (χ2n) is 3.01. The first-order valence-electron chi connectivity index (χ1n) is 4.29. The Kier molecular flexibility index (Phi) is 2.52. The van der Waals surface area contributed by atoms with Crippen LogP contribution in [0.25, 0.3) is 5.69 Å². The number of nitriles is 1. The number of benzene rings is 1. The Bertz CT molecular complexity index is 539. The van der Waals surface area contributed by atoms with Gasteiger partial charge in [0.1, 0.15) is 18.2 Å². The molecule has 0 aliphatic rings. The van der Waals surface area contributed by atoms with Crippen LogP contribution < -0.4 is 0 Å². The zero-order valence-electron chi connectivity index (χ0n) is 7.98. The molecule has 0 amide bonds. The first-order chi connectivity index (χ1) is 7.20. The molecule has 0 aliphatic heterocycles. The van der Waals surface area contributed by atoms with Gasteiger partial charge in [0.25, 0.3) is 0 Å². The Morgan fingerprint density at radius 1 is 1.47 bits per heavy atom. The maximum absolute atomic E-state index is 8.77. The van der Waals surface area contributed by atoms with Gasteiger partial charge < -0.3 is 0 Å². The molecule has 4 nitrogen and oxygen atoms in total. The van der Waals surface area contributed by atoms with Crippen molar-refractivity contribution in [3.05, 3.63) is 40.4 Å². The minimum Gasteiger partial charge on any atom is -0.221 e. The lowest BCUT2D eigenvalue weighted by molar-refractivity contribution is 0.862. The van der Waals surface area contributed by atoms with Crippen molar-refractivity contribution >= 4 is 15.9 Å². The fraction of sp³-hybridized carbons (Fsp3) is 0.100. The summed E-state index contributed by atoms with van der Waals surface area (Å²) in [5.74, 6) is 0.718. The summed E-state index contributed by atoms with van der Waals surface area (Å²) < 4.78 is 2.43. The van der Waals surface area contributed by atoms with E-state index in [9.17, 15) is 0 Å². The van der Waals surface area contributed by atoms with Crippen LogP contribution in [0.1, 0.15) is 11.4 Å². The van der Waals surface area contributed by atoms with Crippen LogP contribution in [-0.4, -0.2) is 14.8 Å². The van der Waals surface area contributed by atoms with Gasteiger partial charge in [-0.05, 0) is 41.1 Å². The third-order valence-electron chi connectivity index (χ3n) is 1.94. The second kappa shape index (κ2) is 3.83. The lowest BCUT2D eigenvalue weighted by Crippen LogP contribution is -1.95. The van der Waals surface area contributed by atoms with E-state index in [2.05, 4.69) is 32.1 Å². The van der Waals surface area contributed by atoms with Gasteiger partial charge in [0.05, 0.1) is 11.3 Å². The maximum Gasteiger partial charge on any atom is 0.147 e. The van der Waals surface area contributed by atoms with Crippen LogP contribution >= 0.6 is 15.9 Å². The summed E-state index contributed by atoms with van der Waals surface area (Å²) in [7, 11) is 0. The Morgan fingerprint density at radius 2 is 2.27 bits per heavy atom. The van der Waals surface area contributed by atoms with Gasteiger partial charge in [-0.15, -0.1) is 0 Å². The zero-order valence-corrected chi connectivity index (χ0v) is 9.56. The van der Waals surface area contributed by atoms with Crippen LogP contribution in [0.3, 0.4) is 0 Å². The van der Waals surface area contributed by atoms with E-state index in [0.717, 1.165) is 16.0 Å². The highest BCUT2D eigenvalue weighted by molar-refractivity contribution is 9.10. The fourth-order valence-electron chi connectivity index (χ4n) is 1.21. The Morgan fingerprint density at radius 3 is 2.80 bits per heavy atom. The largest absolute Gasteiger partial charge is 0.221 e. The van der Waals surface area contributed by atoms with E-state index in [0.29, 0.717) is 5.56 Å². The molecule has 0 fully saturated rings. The van der Waals surface area contributed by atoms with Gasteiger partial charge in [0, 0.05) is 4.47 Å². The molecular weight excluding hydrogens is 256 g/mol. The van der Waals surface area contributed by atoms with Gasteiger partial charge in [-0.25, -0.2) is 9.67 Å². The van der Waals surface area contributed by atoms with Crippen molar-refractivity contribution in [1.29, 1.82) is 5.26 Å². The van der Waals surface area contributed by atoms with Gasteiger partial charge in [0.15, 0.2) is 0 Å². The van der Waals surface area contributed by atoms with Crippen molar-refractivity contribution in [2.45, 2.75) is 6.92 Å². The second-order valence-corrected chi connectivity index (χ2v) is 3.87. The van der Waals surface area contributed by atoms with Gasteiger partial charge in [-0.2, -0.15) is 10.4 Å². The van der Waals surface area contributed by atoms with Crippen molar-refractivity contribution in [2.24, 2.45) is 0 Å². The third-order valence-corrected chi connectivity index (χ3v) is 2.60. The predicted octanol–water partition coefficient (Wildman–Crippen LogP) is 2.21. The molecule has 15 heavy (non-hydrogen) atoms. The van der Waals surface area contributed by atoms with Crippen molar-refractivity contribution in [2.75, 3.05) is 0 Å². The standard InChI is InChI=1S/C10H7BrN4/c1-7-13-6-15(14-7)9-3-2-8(5-12)10(11)4-9/h2-4,6H,1H3. The molecule has 74 valence electrons. The summed E-state index contributed by atoms with van der Waals surface area (Å²) in [6.07, 6.45) is 1.64. The van der Waals surface area contributed by atoms with Crippen molar-refractivity contribution in [3.8, 4) is 11.8 Å². The molecular formula is C10H7BrN4. The van der Waals surface area contributed by atoms with Crippen LogP contribution in [-0.2, 0) is 0 Å². The molecule has 0 aliphatic carbocycles. The molecule has 0 radical (unpaired) electrons. The first kappa shape index (κ1) is 9.87. The predicted molar refractivity (Wildman–Crippen MR) is 58.5 cm³/mol. The molecule has 0 unspecified atom stereocenters. The zero-order chi connectivity index (χ0) is 10.8. The summed E-state index contributed by atoms with van der Waals surface area (Å²) in [4.78, 5) is 4.04. The molecule has 1 aromatic heterocycles. The van der Waals surface area contributed by atoms with Crippen LogP contribution in [0.2, 0.25) is 0 Å². The van der Waals surface area contributed by atoms with Crippen LogP contribution in [0.4, 0.5) is 0 Å². The number of nitrogens with zero attached hydrogens (tertiary/aromatic N) is 4. The Hall–Kier alpha value is -1.67. The summed E-state index contributed by atoms with van der Waals surface area (Å²) in [5.41, 5.74) is 1.48. The lowest BCUT2D eigenvalue weighted by atomic mass is 10.2. The molecule has 0 N–H and O–H groups in total. The Labute approximate surface area is 95.3 Å². The van der Waals surface area contributed by atoms with E-state index in [4.69, 9.17) is 5.26 Å². The monoisotopic (exact) mass is 262 g/mol. The van der Waals surface area contributed by atoms with Crippen LogP contribution in [0, 0.1) is 18.3 Å². The number of rotatable bonds is 1. The van der Waals surface area contributed by atoms with E-state index in [1.54, 1.807) is 17.1 Å². The number of hydrogen-bond donors (Lipinski definition) is 0. The molecule has 0 spiro atoms. The molecule has 2 aromatic rings. The van der Waals surface area contributed by atoms with Gasteiger partial charge in [-0.1, -0.05) is 0 Å². The smallest absolute Gasteiger partial charge is 0.147 e. The average molecular weight is 263 g/mol. The molecule has 1 aromatic carbocycles. The van der Waals surface area contributed by atoms with E-state index >= 15 is 0 Å². The van der Waals surface area contributed by atoms with Gasteiger partial charge in [-0.3, -0.25) is 0 Å². The molecule has 5 heteroatoms. The normalized spacial score (nSPS) is 9.93. The molecule has 0 saturated heterocycles. The minimum atomic E-state index is 0.607. The summed E-state index contributed by atoms with van der Waals surface area (Å²) in [6, 6.07) is 7.50. The number of aryl methyl sites for hydroxylation is 1. The molecule has 1 heterocycles. The van der Waals surface area contributed by atoms with E-state index in [1.807, 2.05) is 19.1 Å². The number of hydrogen-bond acceptors (Lipinski definition) is 3. The van der Waals surface area contributed by atoms with E-state index in [-0.39, 0.29) is 0 Å². The topological polar surface area (TPSA) is 54.5 Å². The quantitative estimate of drug-likeness (QED) is 0.792. The number of aromatic nitrogens is 3. The average Bonchev–Trinajstić information content (AvgIpc) is 2.65. The van der Waals surface area contributed by atoms with Crippen molar-refractivity contribution < 1.29 is 0 Å². The van der Waals surface area contributed by atoms with Gasteiger partial charge >= 0.3 is 0 Å². The molecule has 2 rings (SSSR count). The summed E-state index contributed by atoms with van der Waals surface area (Å²) in [6.45, 7) is 1.83. The number of halogens is 1. The highest BCUT2D eigenvalue weighted by atomic mass is 79.9. The first-order valence-corrected chi connectivity index (χ1v) is 5.08. The minimum absolute atomic E-state index is 0.607. The Balaban J connectivity index is 2.48. The summed E-state index contributed by atoms with van der Waals surface area (Å²) >= 11 is 3.33. The molecule has 0 saturated carbocycles. The van der Waals surface area contributed by atoms with E-state index < -0.39 is 0 Å². The highest BCUT2D eigenvalue weighted by Gasteiger charge is 2.03. The van der Waals surface area contributed by atoms with Crippen LogP contribution in [0.15, 0.2) is 29.0 Å². The highest BCUT2D eigenvalue weighted by Crippen LogP contribution is 2.19. The molecule has 0 atom stereocenters. The van der Waals surface area contributed by atoms with Gasteiger partial charge in [0.2, 0.25) is 0 Å². The fourth-order valence-corrected chi connectivity index (χ4v) is 1.66. The third kappa shape index (κ3) is 1.90.